The molecule has 0 aliphatic carbocycles. The number of nitrogens with one attached hydrogen (secondary N) is 1. The molecule has 0 spiro atoms. The molecule has 8 rings (SSSR count). The first-order valence-corrected chi connectivity index (χ1v) is 14.1. The molecule has 0 unspecified atom stereocenters. The highest BCUT2D eigenvalue weighted by Crippen LogP contribution is 2.45. The first kappa shape index (κ1) is 25.8. The molecule has 3 aliphatic heterocycles. The Morgan fingerprint density at radius 1 is 0.756 bits per heavy atom. The molecule has 41 heavy (non-hydrogen) atoms. The van der Waals surface area contributed by atoms with Crippen LogP contribution in [0.4, 0.5) is 0 Å². The third-order valence-corrected chi connectivity index (χ3v) is 9.20. The first-order chi connectivity index (χ1) is 19.6. The standard InChI is InChI=1S/C34H30N4O2.ClH/c1-36-20-26(24-11-5-7-13-27(24)36)31-32(34(40)35-33(31)39)30-25-12-6-8-14-28(25)38-19-23-18-37(17-22(23)15-29(30)38)16-21-9-3-2-4-10-21;/h2-14,20,22-23H,15-19H2,1H3,(H,35,39,40);1H/t22-,23-;/m1./s1. The first-order valence-electron chi connectivity index (χ1n) is 14.1. The minimum Gasteiger partial charge on any atom is -0.350 e. The van der Waals surface area contributed by atoms with E-state index in [1.807, 2.05) is 48.1 Å². The van der Waals surface area contributed by atoms with E-state index in [0.29, 0.717) is 23.0 Å². The van der Waals surface area contributed by atoms with Crippen LogP contribution < -0.4 is 5.32 Å². The maximum Gasteiger partial charge on any atom is 0.259 e. The van der Waals surface area contributed by atoms with Gasteiger partial charge >= 0.3 is 0 Å². The smallest absolute Gasteiger partial charge is 0.259 e. The van der Waals surface area contributed by atoms with Gasteiger partial charge in [0, 0.05) is 78.1 Å². The second kappa shape index (κ2) is 9.75. The summed E-state index contributed by atoms with van der Waals surface area (Å²) < 4.78 is 4.46. The number of imide groups is 1. The molecular weight excluding hydrogens is 532 g/mol. The van der Waals surface area contributed by atoms with Crippen LogP contribution in [0, 0.1) is 11.8 Å². The van der Waals surface area contributed by atoms with E-state index in [9.17, 15) is 9.59 Å². The zero-order valence-corrected chi connectivity index (χ0v) is 23.7. The number of rotatable bonds is 4. The molecule has 3 aliphatic rings. The van der Waals surface area contributed by atoms with E-state index >= 15 is 0 Å². The lowest BCUT2D eigenvalue weighted by Gasteiger charge is -2.28. The summed E-state index contributed by atoms with van der Waals surface area (Å²) >= 11 is 0. The Morgan fingerprint density at radius 3 is 2.22 bits per heavy atom. The molecule has 5 aromatic rings. The summed E-state index contributed by atoms with van der Waals surface area (Å²) in [6.45, 7) is 4.01. The van der Waals surface area contributed by atoms with Gasteiger partial charge in [-0.05, 0) is 36.0 Å². The third kappa shape index (κ3) is 3.97. The maximum atomic E-state index is 13.6. The number of carbonyl (C=O) groups is 2. The van der Waals surface area contributed by atoms with E-state index in [1.54, 1.807) is 0 Å². The van der Waals surface area contributed by atoms with Crippen molar-refractivity contribution < 1.29 is 9.59 Å². The van der Waals surface area contributed by atoms with Gasteiger partial charge in [-0.2, -0.15) is 0 Å². The van der Waals surface area contributed by atoms with E-state index in [4.69, 9.17) is 0 Å². The summed E-state index contributed by atoms with van der Waals surface area (Å²) in [5.41, 5.74) is 7.45. The van der Waals surface area contributed by atoms with Gasteiger partial charge in [0.1, 0.15) is 0 Å². The fourth-order valence-corrected chi connectivity index (χ4v) is 7.48. The highest BCUT2D eigenvalue weighted by Gasteiger charge is 2.42. The largest absolute Gasteiger partial charge is 0.350 e. The van der Waals surface area contributed by atoms with Gasteiger partial charge in [0.15, 0.2) is 0 Å². The summed E-state index contributed by atoms with van der Waals surface area (Å²) in [7, 11) is 1.98. The summed E-state index contributed by atoms with van der Waals surface area (Å²) in [6, 6.07) is 27.1. The van der Waals surface area contributed by atoms with Crippen molar-refractivity contribution >= 4 is 57.2 Å². The van der Waals surface area contributed by atoms with Crippen LogP contribution in [0.3, 0.4) is 0 Å². The Balaban J connectivity index is 0.00000276. The van der Waals surface area contributed by atoms with Gasteiger partial charge in [-0.3, -0.25) is 19.8 Å². The van der Waals surface area contributed by atoms with Crippen LogP contribution in [0.1, 0.15) is 22.4 Å². The Labute approximate surface area is 244 Å². The number of para-hydroxylation sites is 2. The Bertz CT molecular complexity index is 1880. The number of carbonyl (C=O) groups excluding carboxylic acids is 2. The number of nitrogens with zero attached hydrogens (tertiary/aromatic N) is 3. The fourth-order valence-electron chi connectivity index (χ4n) is 7.48. The predicted molar refractivity (Wildman–Crippen MR) is 164 cm³/mol. The van der Waals surface area contributed by atoms with Crippen LogP contribution in [-0.2, 0) is 36.1 Å². The summed E-state index contributed by atoms with van der Waals surface area (Å²) in [5.74, 6) is 0.460. The monoisotopic (exact) mass is 562 g/mol. The second-order valence-corrected chi connectivity index (χ2v) is 11.6. The number of likely N-dealkylation sites (tertiary alicyclic amines) is 1. The zero-order valence-electron chi connectivity index (χ0n) is 22.8. The van der Waals surface area contributed by atoms with Crippen molar-refractivity contribution in [2.45, 2.75) is 19.5 Å². The molecule has 0 bridgehead atoms. The van der Waals surface area contributed by atoms with E-state index in [2.05, 4.69) is 63.3 Å². The fraction of sp³-hybridized carbons (Fsp3) is 0.235. The van der Waals surface area contributed by atoms with Crippen molar-refractivity contribution in [1.82, 2.24) is 19.4 Å². The Morgan fingerprint density at radius 2 is 1.41 bits per heavy atom. The van der Waals surface area contributed by atoms with Gasteiger partial charge in [-0.25, -0.2) is 0 Å². The topological polar surface area (TPSA) is 59.3 Å². The lowest BCUT2D eigenvalue weighted by molar-refractivity contribution is -0.122. The molecule has 6 nitrogen and oxygen atoms in total. The highest BCUT2D eigenvalue weighted by atomic mass is 35.5. The molecule has 5 heterocycles. The van der Waals surface area contributed by atoms with E-state index in [1.165, 1.54) is 11.3 Å². The summed E-state index contributed by atoms with van der Waals surface area (Å²) in [6.07, 6.45) is 2.88. The normalized spacial score (nSPS) is 20.4. The number of hydrogen-bond donors (Lipinski definition) is 1. The van der Waals surface area contributed by atoms with E-state index < -0.39 is 0 Å². The Kier molecular flexibility index (Phi) is 6.14. The molecule has 7 heteroatoms. The third-order valence-electron chi connectivity index (χ3n) is 9.20. The zero-order chi connectivity index (χ0) is 27.0. The maximum absolute atomic E-state index is 13.6. The molecule has 2 atom stereocenters. The molecular formula is C34H31ClN4O2. The quantitative estimate of drug-likeness (QED) is 0.297. The molecule has 0 saturated carbocycles. The van der Waals surface area contributed by atoms with Crippen LogP contribution in [0.25, 0.3) is 33.0 Å². The SMILES string of the molecule is Cl.Cn1cc(C2=C(c3c4n(c5ccccc35)C[C@H]3CN(Cc5ccccc5)C[C@H]3C4)C(=O)NC2=O)c2ccccc21. The lowest BCUT2D eigenvalue weighted by atomic mass is 9.85. The number of amides is 2. The molecule has 1 fully saturated rings. The van der Waals surface area contributed by atoms with Crippen molar-refractivity contribution in [2.24, 2.45) is 18.9 Å². The van der Waals surface area contributed by atoms with Crippen LogP contribution in [0.5, 0.6) is 0 Å². The minimum absolute atomic E-state index is 0. The van der Waals surface area contributed by atoms with Gasteiger partial charge in [0.05, 0.1) is 11.1 Å². The van der Waals surface area contributed by atoms with Crippen molar-refractivity contribution in [3.63, 3.8) is 0 Å². The summed E-state index contributed by atoms with van der Waals surface area (Å²) in [4.78, 5) is 29.6. The van der Waals surface area contributed by atoms with Crippen LogP contribution >= 0.6 is 12.4 Å². The minimum atomic E-state index is -0.316. The number of fused-ring (bicyclic) bond motifs is 5. The Hall–Kier alpha value is -4.13. The van der Waals surface area contributed by atoms with Crippen LogP contribution in [-0.4, -0.2) is 38.9 Å². The van der Waals surface area contributed by atoms with E-state index in [0.717, 1.165) is 65.5 Å². The molecule has 0 radical (unpaired) electrons. The van der Waals surface area contributed by atoms with E-state index in [-0.39, 0.29) is 24.2 Å². The second-order valence-electron chi connectivity index (χ2n) is 11.6. The van der Waals surface area contributed by atoms with Crippen LogP contribution in [0.15, 0.2) is 85.1 Å². The van der Waals surface area contributed by atoms with Crippen molar-refractivity contribution in [3.05, 3.63) is 107 Å². The van der Waals surface area contributed by atoms with Crippen molar-refractivity contribution in [2.75, 3.05) is 13.1 Å². The lowest BCUT2D eigenvalue weighted by Crippen LogP contribution is -2.28. The molecule has 2 amide bonds. The molecule has 3 aromatic carbocycles. The number of aryl methyl sites for hydroxylation is 1. The number of halogens is 1. The van der Waals surface area contributed by atoms with Gasteiger partial charge in [-0.15, -0.1) is 12.4 Å². The average Bonchev–Trinajstić information content (AvgIpc) is 3.68. The predicted octanol–water partition coefficient (Wildman–Crippen LogP) is 5.43. The number of aromatic nitrogens is 2. The van der Waals surface area contributed by atoms with Gasteiger partial charge < -0.3 is 9.13 Å². The number of hydrogen-bond acceptors (Lipinski definition) is 3. The van der Waals surface area contributed by atoms with Gasteiger partial charge in [-0.1, -0.05) is 66.7 Å². The van der Waals surface area contributed by atoms with Gasteiger partial charge in [0.25, 0.3) is 11.8 Å². The average molecular weight is 563 g/mol. The molecule has 1 saturated heterocycles. The highest BCUT2D eigenvalue weighted by molar-refractivity contribution is 6.51. The molecule has 1 N–H and O–H groups in total. The van der Waals surface area contributed by atoms with Crippen LogP contribution in [0.2, 0.25) is 0 Å². The van der Waals surface area contributed by atoms with Gasteiger partial charge in [0.2, 0.25) is 0 Å². The molecule has 2 aromatic heterocycles. The molecule has 206 valence electrons. The van der Waals surface area contributed by atoms with Crippen molar-refractivity contribution in [3.8, 4) is 0 Å². The van der Waals surface area contributed by atoms with Crippen molar-refractivity contribution in [1.29, 1.82) is 0 Å². The summed E-state index contributed by atoms with van der Waals surface area (Å²) in [5, 5.41) is 4.68. The number of benzene rings is 3.